The molecule has 0 aliphatic rings. The summed E-state index contributed by atoms with van der Waals surface area (Å²) in [5.74, 6) is 0.916. The number of rotatable bonds is 8. The van der Waals surface area contributed by atoms with Crippen LogP contribution in [0.4, 0.5) is 10.5 Å². The lowest BCUT2D eigenvalue weighted by Crippen LogP contribution is -2.49. The van der Waals surface area contributed by atoms with Crippen molar-refractivity contribution < 1.29 is 14.3 Å². The van der Waals surface area contributed by atoms with Crippen molar-refractivity contribution in [1.82, 2.24) is 10.6 Å². The Bertz CT molecular complexity index is 1350. The summed E-state index contributed by atoms with van der Waals surface area (Å²) in [7, 11) is 0. The lowest BCUT2D eigenvalue weighted by molar-refractivity contribution is -0.122. The molecule has 1 atom stereocenters. The second kappa shape index (κ2) is 11.3. The molecule has 4 rings (SSSR count). The van der Waals surface area contributed by atoms with E-state index in [-0.39, 0.29) is 13.0 Å². The molecule has 4 aromatic carbocycles. The molecule has 0 aliphatic heterocycles. The number of benzene rings is 4. The molecular formula is C28H24N4O3. The molecule has 174 valence electrons. The number of nitriles is 1. The van der Waals surface area contributed by atoms with E-state index in [0.29, 0.717) is 17.2 Å². The molecule has 0 fully saturated rings. The molecule has 7 heteroatoms. The third-order valence-electron chi connectivity index (χ3n) is 5.31. The Morgan fingerprint density at radius 1 is 0.829 bits per heavy atom. The van der Waals surface area contributed by atoms with Crippen LogP contribution >= 0.6 is 0 Å². The van der Waals surface area contributed by atoms with Gasteiger partial charge in [-0.15, -0.1) is 0 Å². The quantitative estimate of drug-likeness (QED) is 0.319. The van der Waals surface area contributed by atoms with Crippen LogP contribution in [0.25, 0.3) is 10.8 Å². The summed E-state index contributed by atoms with van der Waals surface area (Å²) < 4.78 is 5.76. The van der Waals surface area contributed by atoms with Gasteiger partial charge in [-0.2, -0.15) is 5.26 Å². The van der Waals surface area contributed by atoms with Crippen LogP contribution < -0.4 is 20.7 Å². The first-order valence-electron chi connectivity index (χ1n) is 11.1. The summed E-state index contributed by atoms with van der Waals surface area (Å²) in [6, 6.07) is 30.6. The molecule has 0 aliphatic carbocycles. The highest BCUT2D eigenvalue weighted by molar-refractivity contribution is 5.94. The SMILES string of the molecule is N#CCNC(=O)C(Cc1ccc2ccccc2c1)NC(=O)Nc1ccc(Oc2ccccc2)cc1. The van der Waals surface area contributed by atoms with Crippen molar-refractivity contribution in [2.24, 2.45) is 0 Å². The number of para-hydroxylation sites is 1. The molecule has 7 nitrogen and oxygen atoms in total. The molecule has 3 amide bonds. The predicted octanol–water partition coefficient (Wildman–Crippen LogP) is 5.00. The topological polar surface area (TPSA) is 103 Å². The van der Waals surface area contributed by atoms with Crippen LogP contribution in [-0.4, -0.2) is 24.5 Å². The van der Waals surface area contributed by atoms with Gasteiger partial charge in [0.1, 0.15) is 24.1 Å². The molecule has 0 spiro atoms. The number of urea groups is 1. The van der Waals surface area contributed by atoms with E-state index in [0.717, 1.165) is 16.3 Å². The minimum Gasteiger partial charge on any atom is -0.457 e. The maximum absolute atomic E-state index is 12.7. The van der Waals surface area contributed by atoms with Crippen LogP contribution in [-0.2, 0) is 11.2 Å². The predicted molar refractivity (Wildman–Crippen MR) is 135 cm³/mol. The van der Waals surface area contributed by atoms with Crippen molar-refractivity contribution in [3.63, 3.8) is 0 Å². The van der Waals surface area contributed by atoms with Gasteiger partial charge in [0, 0.05) is 12.1 Å². The Morgan fingerprint density at radius 3 is 2.26 bits per heavy atom. The second-order valence-corrected chi connectivity index (χ2v) is 7.85. The fourth-order valence-electron chi connectivity index (χ4n) is 3.62. The number of hydrogen-bond donors (Lipinski definition) is 3. The normalized spacial score (nSPS) is 11.2. The molecule has 0 saturated carbocycles. The van der Waals surface area contributed by atoms with Crippen LogP contribution in [0.15, 0.2) is 97.1 Å². The summed E-state index contributed by atoms with van der Waals surface area (Å²) in [6.07, 6.45) is 0.277. The molecule has 35 heavy (non-hydrogen) atoms. The van der Waals surface area contributed by atoms with Crippen molar-refractivity contribution in [3.05, 3.63) is 103 Å². The number of nitrogens with one attached hydrogen (secondary N) is 3. The van der Waals surface area contributed by atoms with Crippen LogP contribution in [0.3, 0.4) is 0 Å². The molecule has 0 aromatic heterocycles. The summed E-state index contributed by atoms with van der Waals surface area (Å²) >= 11 is 0. The molecule has 1 unspecified atom stereocenters. The van der Waals surface area contributed by atoms with E-state index in [9.17, 15) is 9.59 Å². The fourth-order valence-corrected chi connectivity index (χ4v) is 3.62. The van der Waals surface area contributed by atoms with Crippen molar-refractivity contribution in [2.75, 3.05) is 11.9 Å². The molecule has 0 heterocycles. The lowest BCUT2D eigenvalue weighted by Gasteiger charge is -2.19. The van der Waals surface area contributed by atoms with E-state index in [1.54, 1.807) is 24.3 Å². The number of hydrogen-bond acceptors (Lipinski definition) is 4. The first-order valence-corrected chi connectivity index (χ1v) is 11.1. The Kier molecular flexibility index (Phi) is 7.56. The van der Waals surface area contributed by atoms with Gasteiger partial charge in [0.05, 0.1) is 6.07 Å². The van der Waals surface area contributed by atoms with Crippen molar-refractivity contribution >= 4 is 28.4 Å². The van der Waals surface area contributed by atoms with Crippen LogP contribution in [0.2, 0.25) is 0 Å². The molecule has 0 radical (unpaired) electrons. The molecule has 0 saturated heterocycles. The Hall–Kier alpha value is -4.83. The summed E-state index contributed by atoms with van der Waals surface area (Å²) in [5.41, 5.74) is 1.44. The third-order valence-corrected chi connectivity index (χ3v) is 5.31. The smallest absolute Gasteiger partial charge is 0.319 e. The van der Waals surface area contributed by atoms with Crippen molar-refractivity contribution in [1.29, 1.82) is 5.26 Å². The van der Waals surface area contributed by atoms with E-state index in [1.165, 1.54) is 0 Å². The van der Waals surface area contributed by atoms with E-state index in [4.69, 9.17) is 10.00 Å². The van der Waals surface area contributed by atoms with E-state index < -0.39 is 18.0 Å². The number of ether oxygens (including phenoxy) is 1. The Morgan fingerprint density at radius 2 is 1.51 bits per heavy atom. The Labute approximate surface area is 203 Å². The zero-order chi connectivity index (χ0) is 24.5. The van der Waals surface area contributed by atoms with Gasteiger partial charge in [-0.25, -0.2) is 4.79 Å². The zero-order valence-electron chi connectivity index (χ0n) is 18.9. The minimum absolute atomic E-state index is 0.140. The highest BCUT2D eigenvalue weighted by Gasteiger charge is 2.21. The van der Waals surface area contributed by atoms with Crippen LogP contribution in [0.1, 0.15) is 5.56 Å². The van der Waals surface area contributed by atoms with E-state index >= 15 is 0 Å². The summed E-state index contributed by atoms with van der Waals surface area (Å²) in [6.45, 7) is -0.140. The number of carbonyl (C=O) groups excluding carboxylic acids is 2. The van der Waals surface area contributed by atoms with Crippen LogP contribution in [0.5, 0.6) is 11.5 Å². The number of fused-ring (bicyclic) bond motifs is 1. The van der Waals surface area contributed by atoms with Crippen LogP contribution in [0, 0.1) is 11.3 Å². The first-order chi connectivity index (χ1) is 17.1. The number of nitrogens with zero attached hydrogens (tertiary/aromatic N) is 1. The zero-order valence-corrected chi connectivity index (χ0v) is 18.9. The Balaban J connectivity index is 1.41. The number of amides is 3. The third kappa shape index (κ3) is 6.59. The fraction of sp³-hybridized carbons (Fsp3) is 0.107. The van der Waals surface area contributed by atoms with Gasteiger partial charge >= 0.3 is 6.03 Å². The van der Waals surface area contributed by atoms with Gasteiger partial charge < -0.3 is 20.7 Å². The maximum Gasteiger partial charge on any atom is 0.319 e. The van der Waals surface area contributed by atoms with Crippen molar-refractivity contribution in [2.45, 2.75) is 12.5 Å². The number of carbonyl (C=O) groups is 2. The number of anilines is 1. The average Bonchev–Trinajstić information content (AvgIpc) is 2.88. The largest absolute Gasteiger partial charge is 0.457 e. The standard InChI is InChI=1S/C28H24N4O3/c29-16-17-30-27(33)26(19-20-10-11-21-6-4-5-7-22(21)18-20)32-28(34)31-23-12-14-25(15-13-23)35-24-8-2-1-3-9-24/h1-15,18,26H,17,19H2,(H,30,33)(H2,31,32,34). The van der Waals surface area contributed by atoms with Gasteiger partial charge in [-0.1, -0.05) is 60.7 Å². The van der Waals surface area contributed by atoms with Gasteiger partial charge in [0.25, 0.3) is 0 Å². The van der Waals surface area contributed by atoms with Gasteiger partial charge in [0.15, 0.2) is 0 Å². The van der Waals surface area contributed by atoms with Gasteiger partial charge in [0.2, 0.25) is 5.91 Å². The first kappa shape index (κ1) is 23.3. The van der Waals surface area contributed by atoms with E-state index in [1.807, 2.05) is 78.9 Å². The van der Waals surface area contributed by atoms with Gasteiger partial charge in [-0.3, -0.25) is 4.79 Å². The monoisotopic (exact) mass is 464 g/mol. The average molecular weight is 465 g/mol. The van der Waals surface area contributed by atoms with Crippen molar-refractivity contribution in [3.8, 4) is 17.6 Å². The maximum atomic E-state index is 12.7. The second-order valence-electron chi connectivity index (χ2n) is 7.85. The molecule has 4 aromatic rings. The molecule has 0 bridgehead atoms. The molecular weight excluding hydrogens is 440 g/mol. The lowest BCUT2D eigenvalue weighted by atomic mass is 10.0. The van der Waals surface area contributed by atoms with Gasteiger partial charge in [-0.05, 0) is 52.7 Å². The summed E-state index contributed by atoms with van der Waals surface area (Å²) in [5, 5.41) is 18.9. The van der Waals surface area contributed by atoms with E-state index in [2.05, 4.69) is 16.0 Å². The highest BCUT2D eigenvalue weighted by atomic mass is 16.5. The highest BCUT2D eigenvalue weighted by Crippen LogP contribution is 2.22. The minimum atomic E-state index is -0.856. The summed E-state index contributed by atoms with van der Waals surface area (Å²) in [4.78, 5) is 25.3. The molecule has 3 N–H and O–H groups in total.